The van der Waals surface area contributed by atoms with E-state index in [4.69, 9.17) is 0 Å². The number of carbonyl (C=O) groups excluding carboxylic acids is 1. The molecule has 0 aliphatic carbocycles. The summed E-state index contributed by atoms with van der Waals surface area (Å²) in [7, 11) is 0. The summed E-state index contributed by atoms with van der Waals surface area (Å²) in [6.45, 7) is -0.844. The minimum Gasteiger partial charge on any atom is -0.434 e. The molecule has 1 aromatic heterocycles. The standard InChI is InChI=1S/C19H18F2N2O2/c1-12-15(14-7-3-4-8-16(14)23-12)10-18(24)22-11-13-6-2-5-9-17(13)25-19(20)21/h2-9,19,23H,10-11H2,1H3,(H,22,24). The number of halogens is 2. The molecule has 6 heteroatoms. The van der Waals surface area contributed by atoms with E-state index in [1.807, 2.05) is 31.2 Å². The molecule has 1 amide bonds. The van der Waals surface area contributed by atoms with Gasteiger partial charge < -0.3 is 15.0 Å². The van der Waals surface area contributed by atoms with Crippen molar-refractivity contribution in [2.24, 2.45) is 0 Å². The number of aromatic amines is 1. The van der Waals surface area contributed by atoms with Gasteiger partial charge in [0.25, 0.3) is 0 Å². The van der Waals surface area contributed by atoms with Crippen molar-refractivity contribution in [1.29, 1.82) is 0 Å². The molecule has 0 aliphatic heterocycles. The van der Waals surface area contributed by atoms with Crippen LogP contribution in [0, 0.1) is 6.92 Å². The van der Waals surface area contributed by atoms with Gasteiger partial charge in [0, 0.05) is 28.7 Å². The summed E-state index contributed by atoms with van der Waals surface area (Å²) in [5.74, 6) is -0.110. The number of amides is 1. The highest BCUT2D eigenvalue weighted by Gasteiger charge is 2.13. The van der Waals surface area contributed by atoms with Gasteiger partial charge in [0.15, 0.2) is 0 Å². The van der Waals surface area contributed by atoms with Crippen LogP contribution >= 0.6 is 0 Å². The van der Waals surface area contributed by atoms with E-state index in [-0.39, 0.29) is 24.6 Å². The van der Waals surface area contributed by atoms with E-state index >= 15 is 0 Å². The minimum absolute atomic E-state index is 0.0704. The topological polar surface area (TPSA) is 54.1 Å². The number of hydrogen-bond acceptors (Lipinski definition) is 2. The Kier molecular flexibility index (Phi) is 4.97. The van der Waals surface area contributed by atoms with Crippen LogP contribution in [0.25, 0.3) is 10.9 Å². The average molecular weight is 344 g/mol. The summed E-state index contributed by atoms with van der Waals surface area (Å²) >= 11 is 0. The first kappa shape index (κ1) is 17.0. The Hall–Kier alpha value is -2.89. The number of ether oxygens (including phenoxy) is 1. The Morgan fingerprint density at radius 3 is 2.68 bits per heavy atom. The fourth-order valence-corrected chi connectivity index (χ4v) is 2.84. The second-order valence-electron chi connectivity index (χ2n) is 5.71. The molecule has 1 heterocycles. The lowest BCUT2D eigenvalue weighted by Gasteiger charge is -2.11. The van der Waals surface area contributed by atoms with Gasteiger partial charge in [-0.15, -0.1) is 0 Å². The van der Waals surface area contributed by atoms with Crippen molar-refractivity contribution in [2.75, 3.05) is 0 Å². The van der Waals surface area contributed by atoms with Gasteiger partial charge in [-0.05, 0) is 24.6 Å². The molecule has 0 atom stereocenters. The van der Waals surface area contributed by atoms with Crippen molar-refractivity contribution >= 4 is 16.8 Å². The number of H-pyrrole nitrogens is 1. The summed E-state index contributed by atoms with van der Waals surface area (Å²) in [6, 6.07) is 14.2. The lowest BCUT2D eigenvalue weighted by molar-refractivity contribution is -0.120. The number of aryl methyl sites for hydroxylation is 1. The highest BCUT2D eigenvalue weighted by atomic mass is 19.3. The van der Waals surface area contributed by atoms with Crippen LogP contribution in [0.3, 0.4) is 0 Å². The number of fused-ring (bicyclic) bond motifs is 1. The van der Waals surface area contributed by atoms with Crippen LogP contribution in [-0.2, 0) is 17.8 Å². The zero-order valence-electron chi connectivity index (χ0n) is 13.7. The molecule has 3 rings (SSSR count). The first-order valence-corrected chi connectivity index (χ1v) is 7.90. The number of carbonyl (C=O) groups is 1. The molecule has 4 nitrogen and oxygen atoms in total. The molecular formula is C19H18F2N2O2. The number of alkyl halides is 2. The molecule has 0 aliphatic rings. The lowest BCUT2D eigenvalue weighted by Crippen LogP contribution is -2.25. The summed E-state index contributed by atoms with van der Waals surface area (Å²) in [6.07, 6.45) is 0.216. The number of benzene rings is 2. The summed E-state index contributed by atoms with van der Waals surface area (Å²) < 4.78 is 29.3. The van der Waals surface area contributed by atoms with Gasteiger partial charge in [0.1, 0.15) is 5.75 Å². The zero-order valence-corrected chi connectivity index (χ0v) is 13.7. The normalized spacial score (nSPS) is 11.0. The number of aromatic nitrogens is 1. The minimum atomic E-state index is -2.90. The predicted octanol–water partition coefficient (Wildman–Crippen LogP) is 3.94. The SMILES string of the molecule is Cc1[nH]c2ccccc2c1CC(=O)NCc1ccccc1OC(F)F. The van der Waals surface area contributed by atoms with Crippen molar-refractivity contribution in [3.8, 4) is 5.75 Å². The van der Waals surface area contributed by atoms with Crippen LogP contribution in [0.4, 0.5) is 8.78 Å². The summed E-state index contributed by atoms with van der Waals surface area (Å²) in [4.78, 5) is 15.6. The van der Waals surface area contributed by atoms with Gasteiger partial charge in [0.05, 0.1) is 6.42 Å². The fraction of sp³-hybridized carbons (Fsp3) is 0.211. The van der Waals surface area contributed by atoms with Crippen LogP contribution < -0.4 is 10.1 Å². The molecule has 2 N–H and O–H groups in total. The Balaban J connectivity index is 1.68. The van der Waals surface area contributed by atoms with Gasteiger partial charge in [0.2, 0.25) is 5.91 Å². The summed E-state index contributed by atoms with van der Waals surface area (Å²) in [5, 5.41) is 3.78. The molecule has 0 bridgehead atoms. The van der Waals surface area contributed by atoms with Crippen LogP contribution in [0.5, 0.6) is 5.75 Å². The van der Waals surface area contributed by atoms with Gasteiger partial charge in [-0.25, -0.2) is 0 Å². The Morgan fingerprint density at radius 1 is 1.16 bits per heavy atom. The van der Waals surface area contributed by atoms with Crippen molar-refractivity contribution in [1.82, 2.24) is 10.3 Å². The first-order valence-electron chi connectivity index (χ1n) is 7.90. The maximum atomic E-state index is 12.4. The van der Waals surface area contributed by atoms with Crippen LogP contribution in [-0.4, -0.2) is 17.5 Å². The van der Waals surface area contributed by atoms with Crippen LogP contribution in [0.1, 0.15) is 16.8 Å². The van der Waals surface area contributed by atoms with Crippen molar-refractivity contribution in [3.63, 3.8) is 0 Å². The highest BCUT2D eigenvalue weighted by molar-refractivity contribution is 5.90. The van der Waals surface area contributed by atoms with E-state index in [2.05, 4.69) is 15.0 Å². The largest absolute Gasteiger partial charge is 0.434 e. The quantitative estimate of drug-likeness (QED) is 0.712. The van der Waals surface area contributed by atoms with Crippen molar-refractivity contribution < 1.29 is 18.3 Å². The average Bonchev–Trinajstić information content (AvgIpc) is 2.89. The molecule has 0 saturated carbocycles. The molecule has 25 heavy (non-hydrogen) atoms. The van der Waals surface area contributed by atoms with E-state index in [1.54, 1.807) is 18.2 Å². The molecule has 0 spiro atoms. The maximum absolute atomic E-state index is 12.4. The molecule has 2 aromatic carbocycles. The summed E-state index contributed by atoms with van der Waals surface area (Å²) in [5.41, 5.74) is 3.37. The monoisotopic (exact) mass is 344 g/mol. The fourth-order valence-electron chi connectivity index (χ4n) is 2.84. The first-order chi connectivity index (χ1) is 12.0. The predicted molar refractivity (Wildman–Crippen MR) is 91.7 cm³/mol. The second kappa shape index (κ2) is 7.34. The highest BCUT2D eigenvalue weighted by Crippen LogP contribution is 2.23. The number of para-hydroxylation sites is 2. The van der Waals surface area contributed by atoms with Crippen LogP contribution in [0.2, 0.25) is 0 Å². The van der Waals surface area contributed by atoms with E-state index in [1.165, 1.54) is 6.07 Å². The van der Waals surface area contributed by atoms with E-state index in [0.717, 1.165) is 22.2 Å². The number of nitrogens with one attached hydrogen (secondary N) is 2. The van der Waals surface area contributed by atoms with Gasteiger partial charge in [-0.3, -0.25) is 4.79 Å². The van der Waals surface area contributed by atoms with Crippen molar-refractivity contribution in [3.05, 3.63) is 65.4 Å². The molecule has 0 radical (unpaired) electrons. The third-order valence-corrected chi connectivity index (χ3v) is 4.03. The number of hydrogen-bond donors (Lipinski definition) is 2. The molecule has 0 fully saturated rings. The van der Waals surface area contributed by atoms with E-state index in [9.17, 15) is 13.6 Å². The molecular weight excluding hydrogens is 326 g/mol. The van der Waals surface area contributed by atoms with Gasteiger partial charge in [-0.2, -0.15) is 8.78 Å². The van der Waals surface area contributed by atoms with E-state index < -0.39 is 6.61 Å². The van der Waals surface area contributed by atoms with Gasteiger partial charge in [-0.1, -0.05) is 36.4 Å². The third kappa shape index (κ3) is 3.96. The molecule has 130 valence electrons. The Morgan fingerprint density at radius 2 is 1.88 bits per heavy atom. The van der Waals surface area contributed by atoms with Crippen molar-refractivity contribution in [2.45, 2.75) is 26.5 Å². The maximum Gasteiger partial charge on any atom is 0.387 e. The number of rotatable bonds is 6. The lowest BCUT2D eigenvalue weighted by atomic mass is 10.1. The van der Waals surface area contributed by atoms with E-state index in [0.29, 0.717) is 5.56 Å². The van der Waals surface area contributed by atoms with Crippen LogP contribution in [0.15, 0.2) is 48.5 Å². The molecule has 0 unspecified atom stereocenters. The smallest absolute Gasteiger partial charge is 0.387 e. The zero-order chi connectivity index (χ0) is 17.8. The third-order valence-electron chi connectivity index (χ3n) is 4.03. The van der Waals surface area contributed by atoms with Gasteiger partial charge >= 0.3 is 6.61 Å². The second-order valence-corrected chi connectivity index (χ2v) is 5.71. The molecule has 3 aromatic rings. The Bertz CT molecular complexity index is 890. The Labute approximate surface area is 143 Å². The molecule has 0 saturated heterocycles.